The van der Waals surface area contributed by atoms with E-state index in [0.29, 0.717) is 5.56 Å². The molecular weight excluding hydrogens is 204 g/mol. The van der Waals surface area contributed by atoms with Gasteiger partial charge in [0.05, 0.1) is 11.6 Å². The highest BCUT2D eigenvalue weighted by atomic mass is 19.2. The Morgan fingerprint density at radius 3 is 2.87 bits per heavy atom. The van der Waals surface area contributed by atoms with Crippen molar-refractivity contribution >= 4 is 11.7 Å². The van der Waals surface area contributed by atoms with E-state index in [0.717, 1.165) is 6.07 Å². The zero-order valence-electron chi connectivity index (χ0n) is 7.76. The van der Waals surface area contributed by atoms with Gasteiger partial charge in [0.2, 0.25) is 0 Å². The first-order valence-electron chi connectivity index (χ1n) is 4.53. The first-order chi connectivity index (χ1) is 7.09. The number of carbonyl (C=O) groups is 1. The van der Waals surface area contributed by atoms with Gasteiger partial charge < -0.3 is 10.4 Å². The monoisotopic (exact) mass is 213 g/mol. The summed E-state index contributed by atoms with van der Waals surface area (Å²) >= 11 is 0. The zero-order chi connectivity index (χ0) is 11.0. The Labute approximate surface area is 84.7 Å². The third-order valence-electron chi connectivity index (χ3n) is 2.52. The third kappa shape index (κ3) is 1.65. The maximum absolute atomic E-state index is 13.2. The molecule has 1 aliphatic heterocycles. The second-order valence-electron chi connectivity index (χ2n) is 3.52. The summed E-state index contributed by atoms with van der Waals surface area (Å²) in [5.41, 5.74) is 0.597. The van der Waals surface area contributed by atoms with E-state index in [2.05, 4.69) is 5.32 Å². The average molecular weight is 213 g/mol. The molecule has 0 bridgehead atoms. The van der Waals surface area contributed by atoms with Crippen LogP contribution in [0.5, 0.6) is 0 Å². The summed E-state index contributed by atoms with van der Waals surface area (Å²) in [5.74, 6) is -3.37. The topological polar surface area (TPSA) is 49.3 Å². The van der Waals surface area contributed by atoms with Gasteiger partial charge in [-0.2, -0.15) is 0 Å². The van der Waals surface area contributed by atoms with Crippen molar-refractivity contribution in [2.45, 2.75) is 6.42 Å². The third-order valence-corrected chi connectivity index (χ3v) is 2.52. The molecule has 2 N–H and O–H groups in total. The summed E-state index contributed by atoms with van der Waals surface area (Å²) < 4.78 is 26.1. The Morgan fingerprint density at radius 1 is 1.47 bits per heavy atom. The SMILES string of the molecule is O=C(O)[C@H]1CNc2c(ccc(F)c2F)C1. The molecule has 1 atom stereocenters. The lowest BCUT2D eigenvalue weighted by Crippen LogP contribution is -2.30. The molecule has 0 amide bonds. The predicted molar refractivity (Wildman–Crippen MR) is 49.7 cm³/mol. The zero-order valence-corrected chi connectivity index (χ0v) is 7.76. The number of fused-ring (bicyclic) bond motifs is 1. The van der Waals surface area contributed by atoms with Crippen molar-refractivity contribution < 1.29 is 18.7 Å². The van der Waals surface area contributed by atoms with Crippen LogP contribution in [-0.4, -0.2) is 17.6 Å². The normalized spacial score (nSPS) is 19.2. The summed E-state index contributed by atoms with van der Waals surface area (Å²) in [6.07, 6.45) is 0.231. The number of nitrogens with one attached hydrogen (secondary N) is 1. The molecule has 15 heavy (non-hydrogen) atoms. The minimum Gasteiger partial charge on any atom is -0.481 e. The van der Waals surface area contributed by atoms with Crippen LogP contribution in [0.1, 0.15) is 5.56 Å². The van der Waals surface area contributed by atoms with Crippen LogP contribution in [-0.2, 0) is 11.2 Å². The summed E-state index contributed by atoms with van der Waals surface area (Å²) in [5, 5.41) is 11.4. The van der Waals surface area contributed by atoms with E-state index in [9.17, 15) is 13.6 Å². The van der Waals surface area contributed by atoms with E-state index in [1.165, 1.54) is 6.07 Å². The number of halogens is 2. The summed E-state index contributed by atoms with van der Waals surface area (Å²) in [6.45, 7) is 0.128. The van der Waals surface area contributed by atoms with E-state index >= 15 is 0 Å². The summed E-state index contributed by atoms with van der Waals surface area (Å²) in [6, 6.07) is 2.43. The Hall–Kier alpha value is -1.65. The average Bonchev–Trinajstić information content (AvgIpc) is 2.23. The van der Waals surface area contributed by atoms with Gasteiger partial charge in [0.1, 0.15) is 0 Å². The number of carboxylic acids is 1. The summed E-state index contributed by atoms with van der Waals surface area (Å²) in [7, 11) is 0. The van der Waals surface area contributed by atoms with Crippen LogP contribution in [0.15, 0.2) is 12.1 Å². The van der Waals surface area contributed by atoms with E-state index in [4.69, 9.17) is 5.11 Å². The molecule has 0 radical (unpaired) electrons. The summed E-state index contributed by atoms with van der Waals surface area (Å²) in [4.78, 5) is 10.7. The van der Waals surface area contributed by atoms with Crippen molar-refractivity contribution in [1.29, 1.82) is 0 Å². The standard InChI is InChI=1S/C10H9F2NO2/c11-7-2-1-5-3-6(10(14)15)4-13-9(5)8(7)12/h1-2,6,13H,3-4H2,(H,14,15)/t6-/m1/s1. The van der Waals surface area contributed by atoms with Gasteiger partial charge in [-0.15, -0.1) is 0 Å². The Bertz CT molecular complexity index is 420. The Morgan fingerprint density at radius 2 is 2.20 bits per heavy atom. The molecule has 5 heteroatoms. The number of hydrogen-bond donors (Lipinski definition) is 2. The molecule has 0 aliphatic carbocycles. The predicted octanol–water partition coefficient (Wildman–Crippen LogP) is 1.63. The number of anilines is 1. The van der Waals surface area contributed by atoms with Gasteiger partial charge in [-0.3, -0.25) is 4.79 Å². The lowest BCUT2D eigenvalue weighted by atomic mass is 9.94. The van der Waals surface area contributed by atoms with Crippen molar-refractivity contribution in [3.8, 4) is 0 Å². The van der Waals surface area contributed by atoms with Crippen LogP contribution in [0, 0.1) is 17.6 Å². The van der Waals surface area contributed by atoms with Crippen LogP contribution < -0.4 is 5.32 Å². The molecule has 0 unspecified atom stereocenters. The maximum atomic E-state index is 13.2. The van der Waals surface area contributed by atoms with Gasteiger partial charge in [0.25, 0.3) is 0 Å². The lowest BCUT2D eigenvalue weighted by Gasteiger charge is -2.23. The quantitative estimate of drug-likeness (QED) is 0.745. The first kappa shape index (κ1) is 9.89. The van der Waals surface area contributed by atoms with Crippen LogP contribution in [0.25, 0.3) is 0 Å². The Balaban J connectivity index is 2.36. The van der Waals surface area contributed by atoms with Crippen LogP contribution in [0.2, 0.25) is 0 Å². The van der Waals surface area contributed by atoms with E-state index < -0.39 is 23.5 Å². The molecule has 1 aromatic rings. The molecule has 3 nitrogen and oxygen atoms in total. The fourth-order valence-corrected chi connectivity index (χ4v) is 1.69. The molecule has 0 aromatic heterocycles. The molecule has 80 valence electrons. The van der Waals surface area contributed by atoms with Crippen LogP contribution in [0.4, 0.5) is 14.5 Å². The smallest absolute Gasteiger partial charge is 0.308 e. The molecule has 2 rings (SSSR count). The molecule has 0 saturated heterocycles. The molecule has 1 heterocycles. The number of aliphatic carboxylic acids is 1. The second-order valence-corrected chi connectivity index (χ2v) is 3.52. The van der Waals surface area contributed by atoms with Gasteiger partial charge in [0, 0.05) is 6.54 Å². The minimum absolute atomic E-state index is 0.0903. The highest BCUT2D eigenvalue weighted by molar-refractivity contribution is 5.73. The van der Waals surface area contributed by atoms with Crippen molar-refractivity contribution in [3.05, 3.63) is 29.3 Å². The first-order valence-corrected chi connectivity index (χ1v) is 4.53. The molecule has 1 aliphatic rings. The van der Waals surface area contributed by atoms with Gasteiger partial charge in [-0.05, 0) is 18.1 Å². The fraction of sp³-hybridized carbons (Fsp3) is 0.300. The van der Waals surface area contributed by atoms with Crippen molar-refractivity contribution in [1.82, 2.24) is 0 Å². The van der Waals surface area contributed by atoms with Crippen LogP contribution in [0.3, 0.4) is 0 Å². The van der Waals surface area contributed by atoms with E-state index in [1.807, 2.05) is 0 Å². The van der Waals surface area contributed by atoms with Gasteiger partial charge in [-0.25, -0.2) is 8.78 Å². The number of benzene rings is 1. The molecule has 0 fully saturated rings. The van der Waals surface area contributed by atoms with E-state index in [1.54, 1.807) is 0 Å². The highest BCUT2D eigenvalue weighted by Crippen LogP contribution is 2.28. The van der Waals surface area contributed by atoms with Crippen molar-refractivity contribution in [2.24, 2.45) is 5.92 Å². The second kappa shape index (κ2) is 3.49. The largest absolute Gasteiger partial charge is 0.481 e. The molecular formula is C10H9F2NO2. The molecule has 0 spiro atoms. The van der Waals surface area contributed by atoms with Gasteiger partial charge in [-0.1, -0.05) is 6.07 Å². The lowest BCUT2D eigenvalue weighted by molar-refractivity contribution is -0.141. The van der Waals surface area contributed by atoms with Gasteiger partial charge in [0.15, 0.2) is 11.6 Å². The molecule has 0 saturated carbocycles. The molecule has 1 aromatic carbocycles. The minimum atomic E-state index is -0.934. The fourth-order valence-electron chi connectivity index (χ4n) is 1.69. The maximum Gasteiger partial charge on any atom is 0.308 e. The van der Waals surface area contributed by atoms with E-state index in [-0.39, 0.29) is 18.7 Å². The number of hydrogen-bond acceptors (Lipinski definition) is 2. The van der Waals surface area contributed by atoms with Crippen molar-refractivity contribution in [3.63, 3.8) is 0 Å². The number of carboxylic acid groups (broad SMARTS) is 1. The van der Waals surface area contributed by atoms with Gasteiger partial charge >= 0.3 is 5.97 Å². The highest BCUT2D eigenvalue weighted by Gasteiger charge is 2.26. The number of rotatable bonds is 1. The van der Waals surface area contributed by atoms with Crippen LogP contribution >= 0.6 is 0 Å². The van der Waals surface area contributed by atoms with Crippen molar-refractivity contribution in [2.75, 3.05) is 11.9 Å². The Kier molecular flexibility index (Phi) is 2.30.